The van der Waals surface area contributed by atoms with Crippen LogP contribution >= 0.6 is 0 Å². The number of carbonyl (C=O) groups is 1. The molecular formula is C31H30F5N5O. The first kappa shape index (κ1) is 28.1. The standard InChI is InChI=1S/C31H30F5N5O/c32-24-9-10-25(40-29(31(34,35)36)19-3-1-2-4-19)27(33)26(24)28(42)23-17-39-30-22(23)15-20(16-38-30)18-5-7-21(8-6-18)41-13-11-37-12-14-41/h5-10,15-17,19,29,37,40H,1-4,11-14H2,(H,38,39). The third kappa shape index (κ3) is 5.45. The van der Waals surface area contributed by atoms with Crippen molar-refractivity contribution in [3.05, 3.63) is 77.6 Å². The first-order valence-electron chi connectivity index (χ1n) is 14.1. The molecule has 1 aliphatic heterocycles. The number of piperazine rings is 1. The number of nitrogens with zero attached hydrogens (tertiary/aromatic N) is 2. The minimum atomic E-state index is -4.64. The van der Waals surface area contributed by atoms with Crippen molar-refractivity contribution in [3.8, 4) is 11.1 Å². The summed E-state index contributed by atoms with van der Waals surface area (Å²) in [4.78, 5) is 23.1. The molecule has 2 aliphatic rings. The third-order valence-electron chi connectivity index (χ3n) is 8.31. The minimum Gasteiger partial charge on any atom is -0.371 e. The normalized spacial score (nSPS) is 17.1. The van der Waals surface area contributed by atoms with Crippen LogP contribution in [0.25, 0.3) is 22.2 Å². The van der Waals surface area contributed by atoms with Gasteiger partial charge in [0.25, 0.3) is 0 Å². The van der Waals surface area contributed by atoms with E-state index < -0.39 is 46.8 Å². The quantitative estimate of drug-likeness (QED) is 0.167. The summed E-state index contributed by atoms with van der Waals surface area (Å²) in [6.45, 7) is 3.64. The molecular weight excluding hydrogens is 553 g/mol. The number of anilines is 2. The van der Waals surface area contributed by atoms with E-state index in [2.05, 4.69) is 25.5 Å². The van der Waals surface area contributed by atoms with Gasteiger partial charge in [-0.25, -0.2) is 13.8 Å². The molecule has 2 aromatic carbocycles. The second-order valence-electron chi connectivity index (χ2n) is 10.9. The highest BCUT2D eigenvalue weighted by Crippen LogP contribution is 2.39. The maximum absolute atomic E-state index is 15.6. The van der Waals surface area contributed by atoms with E-state index in [9.17, 15) is 22.4 Å². The highest BCUT2D eigenvalue weighted by atomic mass is 19.4. The van der Waals surface area contributed by atoms with Crippen molar-refractivity contribution >= 4 is 28.2 Å². The van der Waals surface area contributed by atoms with Crippen LogP contribution in [0.3, 0.4) is 0 Å². The molecule has 2 fully saturated rings. The lowest BCUT2D eigenvalue weighted by Crippen LogP contribution is -2.43. The van der Waals surface area contributed by atoms with Crippen LogP contribution in [0, 0.1) is 17.6 Å². The molecule has 0 spiro atoms. The summed E-state index contributed by atoms with van der Waals surface area (Å²) < 4.78 is 72.2. The van der Waals surface area contributed by atoms with Crippen molar-refractivity contribution in [2.45, 2.75) is 37.9 Å². The van der Waals surface area contributed by atoms with Crippen molar-refractivity contribution in [2.24, 2.45) is 5.92 Å². The molecule has 220 valence electrons. The zero-order valence-corrected chi connectivity index (χ0v) is 22.7. The number of ketones is 1. The average molecular weight is 584 g/mol. The summed E-state index contributed by atoms with van der Waals surface area (Å²) in [6.07, 6.45) is 0.342. The van der Waals surface area contributed by atoms with Gasteiger partial charge in [-0.3, -0.25) is 4.79 Å². The number of halogens is 5. The molecule has 11 heteroatoms. The minimum absolute atomic E-state index is 0.0325. The van der Waals surface area contributed by atoms with Gasteiger partial charge < -0.3 is 20.5 Å². The SMILES string of the molecule is O=C(c1c(F)ccc(NC(C2CCCC2)C(F)(F)F)c1F)c1c[nH]c2ncc(-c3ccc(N4CCNCC4)cc3)cc12. The molecule has 0 bridgehead atoms. The van der Waals surface area contributed by atoms with E-state index in [1.807, 2.05) is 24.3 Å². The van der Waals surface area contributed by atoms with Crippen LogP contribution in [0.2, 0.25) is 0 Å². The van der Waals surface area contributed by atoms with Crippen molar-refractivity contribution in [3.63, 3.8) is 0 Å². The molecule has 4 aromatic rings. The molecule has 3 heterocycles. The Morgan fingerprint density at radius 1 is 1.00 bits per heavy atom. The maximum Gasteiger partial charge on any atom is 0.408 e. The number of carbonyl (C=O) groups excluding carboxylic acids is 1. The lowest BCUT2D eigenvalue weighted by Gasteiger charge is -2.29. The van der Waals surface area contributed by atoms with Gasteiger partial charge in [0.2, 0.25) is 5.78 Å². The van der Waals surface area contributed by atoms with Crippen LogP contribution in [-0.4, -0.2) is 54.1 Å². The molecule has 0 amide bonds. The number of hydrogen-bond donors (Lipinski definition) is 3. The number of hydrogen-bond acceptors (Lipinski definition) is 5. The molecule has 6 rings (SSSR count). The summed E-state index contributed by atoms with van der Waals surface area (Å²) in [7, 11) is 0. The Hall–Kier alpha value is -3.99. The number of fused-ring (bicyclic) bond motifs is 1. The lowest BCUT2D eigenvalue weighted by molar-refractivity contribution is -0.152. The molecule has 1 saturated heterocycles. The maximum atomic E-state index is 15.6. The summed E-state index contributed by atoms with van der Waals surface area (Å²) >= 11 is 0. The predicted molar refractivity (Wildman–Crippen MR) is 152 cm³/mol. The van der Waals surface area contributed by atoms with E-state index in [0.29, 0.717) is 42.3 Å². The molecule has 1 atom stereocenters. The zero-order chi connectivity index (χ0) is 29.4. The highest BCUT2D eigenvalue weighted by Gasteiger charge is 2.46. The van der Waals surface area contributed by atoms with Crippen LogP contribution < -0.4 is 15.5 Å². The van der Waals surface area contributed by atoms with Crippen LogP contribution in [0.4, 0.5) is 33.3 Å². The number of aromatic amines is 1. The van der Waals surface area contributed by atoms with Crippen molar-refractivity contribution in [2.75, 3.05) is 36.4 Å². The number of alkyl halides is 3. The van der Waals surface area contributed by atoms with Crippen LogP contribution in [0.15, 0.2) is 54.9 Å². The molecule has 6 nitrogen and oxygen atoms in total. The Morgan fingerprint density at radius 2 is 1.71 bits per heavy atom. The Balaban J connectivity index is 1.31. The van der Waals surface area contributed by atoms with Crippen molar-refractivity contribution in [1.29, 1.82) is 0 Å². The Bertz CT molecular complexity index is 1590. The third-order valence-corrected chi connectivity index (χ3v) is 8.31. The van der Waals surface area contributed by atoms with Gasteiger partial charge in [-0.1, -0.05) is 25.0 Å². The highest BCUT2D eigenvalue weighted by molar-refractivity contribution is 6.16. The number of aromatic nitrogens is 2. The van der Waals surface area contributed by atoms with Gasteiger partial charge in [0, 0.05) is 60.8 Å². The summed E-state index contributed by atoms with van der Waals surface area (Å²) in [5.41, 5.74) is 1.46. The van der Waals surface area contributed by atoms with Gasteiger partial charge in [0.15, 0.2) is 5.82 Å². The monoisotopic (exact) mass is 583 g/mol. The Labute approximate surface area is 239 Å². The predicted octanol–water partition coefficient (Wildman–Crippen LogP) is 6.68. The van der Waals surface area contributed by atoms with Gasteiger partial charge in [-0.15, -0.1) is 0 Å². The summed E-state index contributed by atoms with van der Waals surface area (Å²) in [5, 5.41) is 5.92. The molecule has 1 aliphatic carbocycles. The second-order valence-corrected chi connectivity index (χ2v) is 10.9. The van der Waals surface area contributed by atoms with E-state index in [-0.39, 0.29) is 5.56 Å². The van der Waals surface area contributed by atoms with Gasteiger partial charge in [0.05, 0.1) is 11.3 Å². The molecule has 2 aromatic heterocycles. The van der Waals surface area contributed by atoms with E-state index in [0.717, 1.165) is 49.6 Å². The van der Waals surface area contributed by atoms with E-state index in [1.165, 1.54) is 6.20 Å². The van der Waals surface area contributed by atoms with Gasteiger partial charge in [-0.05, 0) is 54.7 Å². The number of benzene rings is 2. The van der Waals surface area contributed by atoms with Gasteiger partial charge >= 0.3 is 6.18 Å². The van der Waals surface area contributed by atoms with Gasteiger partial charge in [-0.2, -0.15) is 13.2 Å². The van der Waals surface area contributed by atoms with Gasteiger partial charge in [0.1, 0.15) is 17.5 Å². The molecule has 1 unspecified atom stereocenters. The number of nitrogens with one attached hydrogen (secondary N) is 3. The van der Waals surface area contributed by atoms with Crippen molar-refractivity contribution in [1.82, 2.24) is 15.3 Å². The van der Waals surface area contributed by atoms with Crippen LogP contribution in [0.1, 0.15) is 41.6 Å². The summed E-state index contributed by atoms with van der Waals surface area (Å²) in [5.74, 6) is -4.22. The Kier molecular flexibility index (Phi) is 7.61. The Morgan fingerprint density at radius 3 is 2.40 bits per heavy atom. The van der Waals surface area contributed by atoms with Crippen LogP contribution in [0.5, 0.6) is 0 Å². The second kappa shape index (κ2) is 11.4. The van der Waals surface area contributed by atoms with E-state index in [1.54, 1.807) is 12.3 Å². The first-order valence-corrected chi connectivity index (χ1v) is 14.1. The smallest absolute Gasteiger partial charge is 0.371 e. The zero-order valence-electron chi connectivity index (χ0n) is 22.7. The largest absolute Gasteiger partial charge is 0.408 e. The molecule has 0 radical (unpaired) electrons. The van der Waals surface area contributed by atoms with Crippen LogP contribution in [-0.2, 0) is 0 Å². The topological polar surface area (TPSA) is 73.0 Å². The average Bonchev–Trinajstić information content (AvgIpc) is 3.67. The van der Waals surface area contributed by atoms with Crippen molar-refractivity contribution < 1.29 is 26.7 Å². The number of pyridine rings is 1. The first-order chi connectivity index (χ1) is 20.2. The molecule has 3 N–H and O–H groups in total. The number of H-pyrrole nitrogens is 1. The van der Waals surface area contributed by atoms with E-state index in [4.69, 9.17) is 0 Å². The summed E-state index contributed by atoms with van der Waals surface area (Å²) in [6, 6.07) is 9.36. The number of rotatable bonds is 7. The molecule has 42 heavy (non-hydrogen) atoms. The molecule has 1 saturated carbocycles. The fraction of sp³-hybridized carbons (Fsp3) is 0.355. The fourth-order valence-electron chi connectivity index (χ4n) is 6.07. The van der Waals surface area contributed by atoms with E-state index >= 15 is 4.39 Å². The lowest BCUT2D eigenvalue weighted by atomic mass is 9.96. The fourth-order valence-corrected chi connectivity index (χ4v) is 6.07.